The molecule has 0 aromatic rings. The highest BCUT2D eigenvalue weighted by Gasteiger charge is 2.54. The average Bonchev–Trinajstić information content (AvgIpc) is 3.57. The van der Waals surface area contributed by atoms with Gasteiger partial charge >= 0.3 is 11.9 Å². The van der Waals surface area contributed by atoms with Crippen molar-refractivity contribution in [2.45, 2.75) is 70.6 Å². The van der Waals surface area contributed by atoms with Crippen molar-refractivity contribution in [3.05, 3.63) is 12.2 Å². The lowest BCUT2D eigenvalue weighted by Crippen LogP contribution is -2.29. The van der Waals surface area contributed by atoms with Crippen LogP contribution >= 0.6 is 0 Å². The van der Waals surface area contributed by atoms with Gasteiger partial charge in [0, 0.05) is 5.57 Å². The van der Waals surface area contributed by atoms with Crippen LogP contribution in [0.4, 0.5) is 0 Å². The van der Waals surface area contributed by atoms with Crippen molar-refractivity contribution in [1.29, 1.82) is 0 Å². The Morgan fingerprint density at radius 1 is 0.677 bits per heavy atom. The summed E-state index contributed by atoms with van der Waals surface area (Å²) in [5, 5.41) is 0. The van der Waals surface area contributed by atoms with E-state index in [1.54, 1.807) is 0 Å². The van der Waals surface area contributed by atoms with Crippen molar-refractivity contribution in [3.8, 4) is 0 Å². The van der Waals surface area contributed by atoms with Crippen molar-refractivity contribution in [2.24, 2.45) is 59.2 Å². The summed E-state index contributed by atoms with van der Waals surface area (Å²) in [6.45, 7) is 4.86. The standard InChI is InChI=1S/C27H38O4/c1-15(27(29)31-14-19-10-17-12-25(19)23-7-3-5-21(17)23)8-26(28)30-13-18-9-16-11-24(18)22-6-2-4-20(16)22/h16-25H,1-14H2. The normalized spacial score (nSPS) is 46.2. The molecule has 6 rings (SSSR count). The lowest BCUT2D eigenvalue weighted by molar-refractivity contribution is -0.148. The molecule has 0 radical (unpaired) electrons. The average molecular weight is 427 g/mol. The maximum Gasteiger partial charge on any atom is 0.333 e. The Kier molecular flexibility index (Phi) is 5.18. The van der Waals surface area contributed by atoms with Gasteiger partial charge in [-0.25, -0.2) is 4.79 Å². The van der Waals surface area contributed by atoms with E-state index in [0.717, 1.165) is 47.3 Å². The molecule has 6 fully saturated rings. The van der Waals surface area contributed by atoms with Crippen molar-refractivity contribution in [3.63, 3.8) is 0 Å². The second kappa shape index (κ2) is 7.92. The minimum absolute atomic E-state index is 0.0346. The van der Waals surface area contributed by atoms with Gasteiger partial charge in [-0.2, -0.15) is 0 Å². The van der Waals surface area contributed by atoms with Gasteiger partial charge < -0.3 is 9.47 Å². The maximum atomic E-state index is 12.4. The highest BCUT2D eigenvalue weighted by molar-refractivity contribution is 5.93. The van der Waals surface area contributed by atoms with Crippen LogP contribution in [0.2, 0.25) is 0 Å². The predicted molar refractivity (Wildman–Crippen MR) is 117 cm³/mol. The molecule has 4 nitrogen and oxygen atoms in total. The molecule has 0 spiro atoms. The minimum Gasteiger partial charge on any atom is -0.465 e. The molecule has 0 aromatic carbocycles. The third-order valence-electron chi connectivity index (χ3n) is 10.7. The number of fused-ring (bicyclic) bond motifs is 10. The lowest BCUT2D eigenvalue weighted by atomic mass is 9.76. The molecule has 0 heterocycles. The van der Waals surface area contributed by atoms with Gasteiger partial charge in [0.05, 0.1) is 19.6 Å². The quantitative estimate of drug-likeness (QED) is 0.417. The molecule has 10 unspecified atom stereocenters. The topological polar surface area (TPSA) is 52.6 Å². The number of esters is 2. The Morgan fingerprint density at radius 3 is 1.77 bits per heavy atom. The molecule has 4 bridgehead atoms. The van der Waals surface area contributed by atoms with Gasteiger partial charge in [-0.1, -0.05) is 19.4 Å². The van der Waals surface area contributed by atoms with Crippen LogP contribution in [-0.2, 0) is 19.1 Å². The number of hydrogen-bond donors (Lipinski definition) is 0. The Balaban J connectivity index is 0.923. The highest BCUT2D eigenvalue weighted by atomic mass is 16.5. The Hall–Kier alpha value is -1.32. The Bertz CT molecular complexity index is 758. The zero-order chi connectivity index (χ0) is 21.1. The van der Waals surface area contributed by atoms with E-state index < -0.39 is 5.97 Å². The summed E-state index contributed by atoms with van der Waals surface area (Å²) in [5.41, 5.74) is 0.246. The molecule has 0 N–H and O–H groups in total. The van der Waals surface area contributed by atoms with E-state index in [1.807, 2.05) is 0 Å². The zero-order valence-corrected chi connectivity index (χ0v) is 18.8. The van der Waals surface area contributed by atoms with Crippen LogP contribution in [0, 0.1) is 59.2 Å². The molecule has 170 valence electrons. The lowest BCUT2D eigenvalue weighted by Gasteiger charge is -2.31. The summed E-state index contributed by atoms with van der Waals surface area (Å²) in [6.07, 6.45) is 13.5. The number of rotatable bonds is 7. The molecule has 31 heavy (non-hydrogen) atoms. The smallest absolute Gasteiger partial charge is 0.333 e. The van der Waals surface area contributed by atoms with Crippen molar-refractivity contribution in [1.82, 2.24) is 0 Å². The number of carbonyl (C=O) groups excluding carboxylic acids is 2. The van der Waals surface area contributed by atoms with Crippen molar-refractivity contribution < 1.29 is 19.1 Å². The zero-order valence-electron chi connectivity index (χ0n) is 18.8. The summed E-state index contributed by atoms with van der Waals surface area (Å²) in [5.74, 6) is 7.26. The van der Waals surface area contributed by atoms with E-state index in [2.05, 4.69) is 6.58 Å². The summed E-state index contributed by atoms with van der Waals surface area (Å²) in [6, 6.07) is 0. The van der Waals surface area contributed by atoms with E-state index in [9.17, 15) is 9.59 Å². The summed E-state index contributed by atoms with van der Waals surface area (Å²) in [7, 11) is 0. The van der Waals surface area contributed by atoms with Gasteiger partial charge in [-0.15, -0.1) is 0 Å². The van der Waals surface area contributed by atoms with Crippen LogP contribution in [0.1, 0.15) is 70.6 Å². The Morgan fingerprint density at radius 2 is 1.19 bits per heavy atom. The molecular weight excluding hydrogens is 388 g/mol. The monoisotopic (exact) mass is 426 g/mol. The molecule has 0 amide bonds. The van der Waals surface area contributed by atoms with Gasteiger partial charge in [-0.05, 0) is 111 Å². The van der Waals surface area contributed by atoms with Gasteiger partial charge in [-0.3, -0.25) is 4.79 Å². The van der Waals surface area contributed by atoms with Gasteiger partial charge in [0.15, 0.2) is 0 Å². The molecule has 6 aliphatic carbocycles. The van der Waals surface area contributed by atoms with Gasteiger partial charge in [0.1, 0.15) is 0 Å². The van der Waals surface area contributed by atoms with E-state index in [-0.39, 0.29) is 18.0 Å². The molecule has 6 aliphatic rings. The summed E-state index contributed by atoms with van der Waals surface area (Å²) in [4.78, 5) is 24.8. The highest BCUT2D eigenvalue weighted by Crippen LogP contribution is 2.62. The molecule has 0 aliphatic heterocycles. The van der Waals surface area contributed by atoms with E-state index in [4.69, 9.17) is 9.47 Å². The van der Waals surface area contributed by atoms with Crippen LogP contribution in [-0.4, -0.2) is 25.2 Å². The summed E-state index contributed by atoms with van der Waals surface area (Å²) >= 11 is 0. The molecule has 0 aromatic heterocycles. The largest absolute Gasteiger partial charge is 0.465 e. The second-order valence-corrected chi connectivity index (χ2v) is 11.9. The van der Waals surface area contributed by atoms with E-state index in [0.29, 0.717) is 25.0 Å². The summed E-state index contributed by atoms with van der Waals surface area (Å²) < 4.78 is 11.2. The third-order valence-corrected chi connectivity index (χ3v) is 10.7. The first-order chi connectivity index (χ1) is 15.1. The molecular formula is C27H38O4. The number of hydrogen-bond acceptors (Lipinski definition) is 4. The second-order valence-electron chi connectivity index (χ2n) is 11.9. The van der Waals surface area contributed by atoms with Crippen LogP contribution in [0.25, 0.3) is 0 Å². The van der Waals surface area contributed by atoms with Crippen molar-refractivity contribution in [2.75, 3.05) is 13.2 Å². The van der Waals surface area contributed by atoms with Crippen LogP contribution < -0.4 is 0 Å². The first kappa shape index (κ1) is 20.3. The fourth-order valence-electron chi connectivity index (χ4n) is 9.59. The Labute approximate surface area is 186 Å². The fraction of sp³-hybridized carbons (Fsp3) is 0.852. The van der Waals surface area contributed by atoms with E-state index in [1.165, 1.54) is 64.2 Å². The third kappa shape index (κ3) is 3.47. The van der Waals surface area contributed by atoms with Crippen molar-refractivity contribution >= 4 is 11.9 Å². The number of carbonyl (C=O) groups is 2. The first-order valence-electron chi connectivity index (χ1n) is 13.1. The van der Waals surface area contributed by atoms with Gasteiger partial charge in [0.2, 0.25) is 0 Å². The molecule has 6 saturated carbocycles. The maximum absolute atomic E-state index is 12.4. The first-order valence-corrected chi connectivity index (χ1v) is 13.1. The van der Waals surface area contributed by atoms with Crippen LogP contribution in [0.3, 0.4) is 0 Å². The molecule has 10 atom stereocenters. The number of ether oxygens (including phenoxy) is 2. The van der Waals surface area contributed by atoms with E-state index >= 15 is 0 Å². The fourth-order valence-corrected chi connectivity index (χ4v) is 9.59. The predicted octanol–water partition coefficient (Wildman–Crippen LogP) is 5.16. The minimum atomic E-state index is -0.406. The molecule has 4 heteroatoms. The van der Waals surface area contributed by atoms with Gasteiger partial charge in [0.25, 0.3) is 0 Å². The van der Waals surface area contributed by atoms with Crippen LogP contribution in [0.5, 0.6) is 0 Å². The molecule has 0 saturated heterocycles. The SMILES string of the molecule is C=C(CC(=O)OCC1CC2CC1C1CCCC21)C(=O)OCC1CC2CC1C1CCCC21. The van der Waals surface area contributed by atoms with Crippen LogP contribution in [0.15, 0.2) is 12.2 Å².